The second-order valence-electron chi connectivity index (χ2n) is 3.29. The number of rotatable bonds is 2. The van der Waals surface area contributed by atoms with E-state index in [-0.39, 0.29) is 5.78 Å². The lowest BCUT2D eigenvalue weighted by Gasteiger charge is -2.23. The fraction of sp³-hybridized carbons (Fsp3) is 0.714. The van der Waals surface area contributed by atoms with Crippen LogP contribution in [0.15, 0.2) is 0 Å². The van der Waals surface area contributed by atoms with E-state index in [9.17, 15) is 4.79 Å². The third kappa shape index (κ3) is 3.22. The predicted molar refractivity (Wildman–Crippen MR) is 52.1 cm³/mol. The van der Waals surface area contributed by atoms with Crippen LogP contribution in [-0.4, -0.2) is 9.45 Å². The summed E-state index contributed by atoms with van der Waals surface area (Å²) in [6, 6.07) is 0. The Morgan fingerprint density at radius 1 is 1.42 bits per heavy atom. The Morgan fingerprint density at radius 2 is 1.83 bits per heavy atom. The lowest BCUT2D eigenvalue weighted by Crippen LogP contribution is -2.33. The first kappa shape index (κ1) is 12.1. The van der Waals surface area contributed by atoms with E-state index in [1.54, 1.807) is 26.2 Å². The maximum atomic E-state index is 11.4. The zero-order chi connectivity index (χ0) is 9.99. The molecule has 0 spiro atoms. The highest BCUT2D eigenvalue weighted by Gasteiger charge is 2.41. The number of carbonyl (C=O) groups excluding carboxylic acids is 1. The molecule has 0 fully saturated rings. The first-order valence-electron chi connectivity index (χ1n) is 3.21. The zero-order valence-corrected chi connectivity index (χ0v) is 9.35. The summed E-state index contributed by atoms with van der Waals surface area (Å²) < 4.78 is -1.65. The van der Waals surface area contributed by atoms with Crippen molar-refractivity contribution in [3.8, 4) is 5.40 Å². The van der Waals surface area contributed by atoms with Crippen molar-refractivity contribution in [2.75, 3.05) is 0 Å². The van der Waals surface area contributed by atoms with Crippen LogP contribution in [0.2, 0.25) is 0 Å². The monoisotopic (exact) mass is 225 g/mol. The summed E-state index contributed by atoms with van der Waals surface area (Å²) in [6.07, 6.45) is 0. The van der Waals surface area contributed by atoms with Gasteiger partial charge in [0.15, 0.2) is 5.78 Å². The summed E-state index contributed by atoms with van der Waals surface area (Å²) >= 11 is 11.8. The highest BCUT2D eigenvalue weighted by Crippen LogP contribution is 2.40. The van der Waals surface area contributed by atoms with Crippen LogP contribution in [0.5, 0.6) is 0 Å². The molecular formula is C7H9Cl2NOS. The molecule has 12 heavy (non-hydrogen) atoms. The number of nitrogens with zero attached hydrogens (tertiary/aromatic N) is 1. The number of carbonyl (C=O) groups is 1. The van der Waals surface area contributed by atoms with Crippen molar-refractivity contribution in [1.29, 1.82) is 5.26 Å². The summed E-state index contributed by atoms with van der Waals surface area (Å²) in [7, 11) is 0. The molecule has 0 aliphatic heterocycles. The first-order chi connectivity index (χ1) is 5.22. The highest BCUT2D eigenvalue weighted by molar-refractivity contribution is 8.08. The maximum Gasteiger partial charge on any atom is 0.234 e. The van der Waals surface area contributed by atoms with Crippen molar-refractivity contribution < 1.29 is 4.79 Å². The first-order valence-corrected chi connectivity index (χ1v) is 4.79. The summed E-state index contributed by atoms with van der Waals surface area (Å²) in [5.41, 5.74) is -0.632. The second-order valence-corrected chi connectivity index (χ2v) is 6.06. The Bertz CT molecular complexity index is 227. The fourth-order valence-electron chi connectivity index (χ4n) is 0.540. The number of ketones is 1. The largest absolute Gasteiger partial charge is 0.295 e. The smallest absolute Gasteiger partial charge is 0.234 e. The Labute approximate surface area is 86.2 Å². The molecule has 5 heteroatoms. The van der Waals surface area contributed by atoms with Gasteiger partial charge in [0, 0.05) is 17.2 Å². The standard InChI is InChI=1S/C7H9Cl2NOS/c1-6(2,3)5(11)7(8,9)12-4-10/h1-3H3. The molecule has 0 aromatic rings. The van der Waals surface area contributed by atoms with Crippen molar-refractivity contribution in [2.24, 2.45) is 5.41 Å². The van der Waals surface area contributed by atoms with E-state index < -0.39 is 9.08 Å². The van der Waals surface area contributed by atoms with Crippen molar-refractivity contribution in [3.63, 3.8) is 0 Å². The van der Waals surface area contributed by atoms with Crippen LogP contribution in [0.4, 0.5) is 0 Å². The molecule has 0 saturated carbocycles. The minimum atomic E-state index is -1.65. The molecule has 2 nitrogen and oxygen atoms in total. The van der Waals surface area contributed by atoms with Crippen LogP contribution in [0.25, 0.3) is 0 Å². The molecule has 0 saturated heterocycles. The van der Waals surface area contributed by atoms with Crippen LogP contribution in [0.3, 0.4) is 0 Å². The summed E-state index contributed by atoms with van der Waals surface area (Å²) in [4.78, 5) is 11.4. The van der Waals surface area contributed by atoms with E-state index in [0.717, 1.165) is 0 Å². The number of thiocyanates is 1. The lowest BCUT2D eigenvalue weighted by molar-refractivity contribution is -0.125. The topological polar surface area (TPSA) is 40.9 Å². The molecule has 0 aromatic heterocycles. The second kappa shape index (κ2) is 3.87. The van der Waals surface area contributed by atoms with Crippen LogP contribution in [0.1, 0.15) is 20.8 Å². The van der Waals surface area contributed by atoms with E-state index in [1.807, 2.05) is 0 Å². The molecule has 0 aliphatic rings. The van der Waals surface area contributed by atoms with Gasteiger partial charge in [-0.15, -0.1) is 0 Å². The molecule has 0 radical (unpaired) electrons. The molecule has 0 aliphatic carbocycles. The zero-order valence-electron chi connectivity index (χ0n) is 7.02. The average molecular weight is 226 g/mol. The molecule has 0 amide bonds. The maximum absolute atomic E-state index is 11.4. The van der Waals surface area contributed by atoms with Gasteiger partial charge in [-0.3, -0.25) is 4.79 Å². The Kier molecular flexibility index (Phi) is 3.89. The Morgan fingerprint density at radius 3 is 2.08 bits per heavy atom. The lowest BCUT2D eigenvalue weighted by atomic mass is 9.92. The van der Waals surface area contributed by atoms with Gasteiger partial charge in [0.05, 0.1) is 0 Å². The molecule has 0 aromatic carbocycles. The van der Waals surface area contributed by atoms with E-state index in [1.165, 1.54) is 0 Å². The van der Waals surface area contributed by atoms with Gasteiger partial charge in [0.1, 0.15) is 5.40 Å². The van der Waals surface area contributed by atoms with Gasteiger partial charge in [-0.05, 0) is 0 Å². The molecule has 68 valence electrons. The van der Waals surface area contributed by atoms with E-state index >= 15 is 0 Å². The summed E-state index contributed by atoms with van der Waals surface area (Å²) in [6.45, 7) is 5.10. The SMILES string of the molecule is CC(C)(C)C(=O)C(Cl)(Cl)SC#N. The van der Waals surface area contributed by atoms with E-state index in [0.29, 0.717) is 11.8 Å². The van der Waals surface area contributed by atoms with Gasteiger partial charge >= 0.3 is 0 Å². The number of halogens is 2. The molecule has 0 bridgehead atoms. The van der Waals surface area contributed by atoms with Gasteiger partial charge in [-0.25, -0.2) is 0 Å². The number of hydrogen-bond donors (Lipinski definition) is 0. The van der Waals surface area contributed by atoms with Crippen molar-refractivity contribution in [1.82, 2.24) is 0 Å². The predicted octanol–water partition coefficient (Wildman–Crippen LogP) is 2.95. The summed E-state index contributed by atoms with van der Waals surface area (Å²) in [5.74, 6) is -0.357. The number of alkyl halides is 2. The minimum Gasteiger partial charge on any atom is -0.295 e. The van der Waals surface area contributed by atoms with Crippen LogP contribution < -0.4 is 0 Å². The van der Waals surface area contributed by atoms with Gasteiger partial charge < -0.3 is 0 Å². The van der Waals surface area contributed by atoms with Gasteiger partial charge in [-0.1, -0.05) is 44.0 Å². The van der Waals surface area contributed by atoms with Crippen LogP contribution >= 0.6 is 35.0 Å². The summed E-state index contributed by atoms with van der Waals surface area (Å²) in [5, 5.41) is 10.0. The van der Waals surface area contributed by atoms with Gasteiger partial charge in [0.25, 0.3) is 0 Å². The molecule has 0 heterocycles. The minimum absolute atomic E-state index is 0.357. The number of hydrogen-bond acceptors (Lipinski definition) is 3. The van der Waals surface area contributed by atoms with Crippen LogP contribution in [0, 0.1) is 16.1 Å². The molecular weight excluding hydrogens is 217 g/mol. The molecule has 0 atom stereocenters. The van der Waals surface area contributed by atoms with Crippen molar-refractivity contribution in [2.45, 2.75) is 24.4 Å². The van der Waals surface area contributed by atoms with Crippen molar-refractivity contribution in [3.05, 3.63) is 0 Å². The highest BCUT2D eigenvalue weighted by atomic mass is 35.5. The number of thioether (sulfide) groups is 1. The molecule has 0 N–H and O–H groups in total. The van der Waals surface area contributed by atoms with Gasteiger partial charge in [0.2, 0.25) is 3.67 Å². The van der Waals surface area contributed by atoms with Crippen molar-refractivity contribution >= 4 is 40.7 Å². The van der Waals surface area contributed by atoms with E-state index in [2.05, 4.69) is 0 Å². The molecule has 0 unspecified atom stereocenters. The number of Topliss-reactive ketones (excluding diaryl/α,β-unsaturated/α-hetero) is 1. The Hall–Kier alpha value is 0.0900. The van der Waals surface area contributed by atoms with Gasteiger partial charge in [-0.2, -0.15) is 5.26 Å². The normalized spacial score (nSPS) is 12.3. The van der Waals surface area contributed by atoms with E-state index in [4.69, 9.17) is 28.5 Å². The third-order valence-corrected chi connectivity index (χ3v) is 2.46. The van der Waals surface area contributed by atoms with Crippen LogP contribution in [-0.2, 0) is 4.79 Å². The average Bonchev–Trinajstić information content (AvgIpc) is 1.84. The Balaban J connectivity index is 4.60. The number of nitriles is 1. The quantitative estimate of drug-likeness (QED) is 0.536. The fourth-order valence-corrected chi connectivity index (χ4v) is 1.83. The molecule has 0 rings (SSSR count). The third-order valence-electron chi connectivity index (χ3n) is 1.12.